The second kappa shape index (κ2) is 12.0. The third-order valence-corrected chi connectivity index (χ3v) is 11.5. The average Bonchev–Trinajstić information content (AvgIpc) is 3.57. The Kier molecular flexibility index (Phi) is 6.78. The minimum Gasteiger partial charge on any atom is -0.488 e. The summed E-state index contributed by atoms with van der Waals surface area (Å²) in [6.45, 7) is 0.573. The third-order valence-electron chi connectivity index (χ3n) is 11.5. The van der Waals surface area contributed by atoms with Crippen molar-refractivity contribution in [3.05, 3.63) is 204 Å². The van der Waals surface area contributed by atoms with Crippen molar-refractivity contribution in [3.8, 4) is 55.9 Å². The standard InChI is InChI=1S/C51H35NO/c1-2-12-33(13-3-1)34-14-10-15-37(28-34)45-31-38-25-24-35(29-44(38)40-17-4-5-18-41(40)45)36-26-27-48-46(30-36)42-19-6-8-21-47(42)52(48)49-22-11-16-39-32-53-50-23-9-7-20-43(50)51(39)49/h1-30,45H,31-32H2. The molecule has 1 aliphatic carbocycles. The van der Waals surface area contributed by atoms with Crippen LogP contribution in [-0.2, 0) is 13.0 Å². The van der Waals surface area contributed by atoms with Crippen LogP contribution in [0, 0.1) is 0 Å². The van der Waals surface area contributed by atoms with Crippen molar-refractivity contribution in [2.24, 2.45) is 0 Å². The number of para-hydroxylation sites is 2. The van der Waals surface area contributed by atoms with Gasteiger partial charge < -0.3 is 9.30 Å². The van der Waals surface area contributed by atoms with Gasteiger partial charge in [-0.1, -0.05) is 146 Å². The molecule has 250 valence electrons. The monoisotopic (exact) mass is 677 g/mol. The van der Waals surface area contributed by atoms with Gasteiger partial charge in [0.15, 0.2) is 0 Å². The molecule has 0 spiro atoms. The Bertz CT molecular complexity index is 2880. The Labute approximate surface area is 309 Å². The number of rotatable bonds is 4. The first-order valence-electron chi connectivity index (χ1n) is 18.5. The Balaban J connectivity index is 1.02. The predicted molar refractivity (Wildman–Crippen MR) is 219 cm³/mol. The molecule has 0 bridgehead atoms. The first-order valence-corrected chi connectivity index (χ1v) is 18.5. The van der Waals surface area contributed by atoms with Crippen molar-refractivity contribution in [2.75, 3.05) is 0 Å². The second-order valence-corrected chi connectivity index (χ2v) is 14.4. The van der Waals surface area contributed by atoms with Crippen molar-refractivity contribution in [3.63, 3.8) is 0 Å². The van der Waals surface area contributed by atoms with E-state index < -0.39 is 0 Å². The predicted octanol–water partition coefficient (Wildman–Crippen LogP) is 13.0. The van der Waals surface area contributed by atoms with E-state index >= 15 is 0 Å². The molecular weight excluding hydrogens is 643 g/mol. The number of benzene rings is 8. The van der Waals surface area contributed by atoms with Crippen molar-refractivity contribution in [1.29, 1.82) is 0 Å². The molecule has 2 aliphatic rings. The minimum atomic E-state index is 0.304. The molecule has 1 aliphatic heterocycles. The highest BCUT2D eigenvalue weighted by Gasteiger charge is 2.27. The fraction of sp³-hybridized carbons (Fsp3) is 0.0588. The summed E-state index contributed by atoms with van der Waals surface area (Å²) >= 11 is 0. The van der Waals surface area contributed by atoms with Gasteiger partial charge in [-0.25, -0.2) is 0 Å². The van der Waals surface area contributed by atoms with E-state index in [-0.39, 0.29) is 0 Å². The van der Waals surface area contributed by atoms with E-state index in [9.17, 15) is 0 Å². The van der Waals surface area contributed by atoms with Crippen LogP contribution in [0.1, 0.15) is 28.2 Å². The molecule has 53 heavy (non-hydrogen) atoms. The largest absolute Gasteiger partial charge is 0.488 e. The van der Waals surface area contributed by atoms with Crippen LogP contribution in [-0.4, -0.2) is 4.57 Å². The normalized spacial score (nSPS) is 14.2. The lowest BCUT2D eigenvalue weighted by atomic mass is 9.75. The molecule has 0 radical (unpaired) electrons. The smallest absolute Gasteiger partial charge is 0.127 e. The lowest BCUT2D eigenvalue weighted by Crippen LogP contribution is -2.12. The van der Waals surface area contributed by atoms with Gasteiger partial charge in [-0.15, -0.1) is 0 Å². The summed E-state index contributed by atoms with van der Waals surface area (Å²) in [6, 6.07) is 66.9. The first-order chi connectivity index (χ1) is 26.3. The molecule has 2 nitrogen and oxygen atoms in total. The highest BCUT2D eigenvalue weighted by Crippen LogP contribution is 2.46. The van der Waals surface area contributed by atoms with Gasteiger partial charge >= 0.3 is 0 Å². The van der Waals surface area contributed by atoms with Gasteiger partial charge in [0.2, 0.25) is 0 Å². The Morgan fingerprint density at radius 1 is 0.453 bits per heavy atom. The van der Waals surface area contributed by atoms with Crippen LogP contribution in [0.15, 0.2) is 182 Å². The molecular formula is C51H35NO. The van der Waals surface area contributed by atoms with E-state index in [4.69, 9.17) is 4.74 Å². The van der Waals surface area contributed by atoms with Crippen molar-refractivity contribution < 1.29 is 4.74 Å². The quantitative estimate of drug-likeness (QED) is 0.181. The summed E-state index contributed by atoms with van der Waals surface area (Å²) in [6.07, 6.45) is 0.979. The maximum atomic E-state index is 6.16. The third kappa shape index (κ3) is 4.80. The number of ether oxygens (including phenoxy) is 1. The maximum Gasteiger partial charge on any atom is 0.127 e. The molecule has 0 N–H and O–H groups in total. The van der Waals surface area contributed by atoms with E-state index in [1.807, 2.05) is 0 Å². The molecule has 2 heterocycles. The molecule has 0 amide bonds. The number of aromatic nitrogens is 1. The molecule has 9 aromatic rings. The lowest BCUT2D eigenvalue weighted by molar-refractivity contribution is 0.302. The summed E-state index contributed by atoms with van der Waals surface area (Å²) in [5.41, 5.74) is 19.0. The summed E-state index contributed by atoms with van der Waals surface area (Å²) < 4.78 is 8.61. The zero-order valence-corrected chi connectivity index (χ0v) is 29.2. The van der Waals surface area contributed by atoms with Gasteiger partial charge in [-0.3, -0.25) is 0 Å². The first kappa shape index (κ1) is 30.0. The van der Waals surface area contributed by atoms with Crippen molar-refractivity contribution in [1.82, 2.24) is 4.57 Å². The van der Waals surface area contributed by atoms with Crippen LogP contribution in [0.25, 0.3) is 72.0 Å². The highest BCUT2D eigenvalue weighted by molar-refractivity contribution is 6.11. The molecule has 1 aromatic heterocycles. The molecule has 0 saturated heterocycles. The van der Waals surface area contributed by atoms with E-state index in [0.717, 1.165) is 17.7 Å². The molecule has 1 atom stereocenters. The molecule has 0 fully saturated rings. The summed E-state index contributed by atoms with van der Waals surface area (Å²) in [7, 11) is 0. The molecule has 0 saturated carbocycles. The number of hydrogen-bond donors (Lipinski definition) is 0. The number of fused-ring (bicyclic) bond motifs is 9. The Morgan fingerprint density at radius 3 is 2.11 bits per heavy atom. The van der Waals surface area contributed by atoms with Crippen molar-refractivity contribution in [2.45, 2.75) is 18.9 Å². The van der Waals surface area contributed by atoms with E-state index in [1.54, 1.807) is 0 Å². The van der Waals surface area contributed by atoms with Crippen molar-refractivity contribution >= 4 is 21.8 Å². The van der Waals surface area contributed by atoms with E-state index in [1.165, 1.54) is 88.7 Å². The zero-order chi connectivity index (χ0) is 34.9. The van der Waals surface area contributed by atoms with Crippen LogP contribution in [0.3, 0.4) is 0 Å². The van der Waals surface area contributed by atoms with Crippen LogP contribution >= 0.6 is 0 Å². The SMILES string of the molecule is c1ccc(-c2cccc(C3Cc4ccc(-c5ccc6c(c5)c5ccccc5n6-c5cccc6c5-c5ccccc5OC6)cc4-c4ccccc43)c2)cc1. The van der Waals surface area contributed by atoms with Crippen LogP contribution in [0.4, 0.5) is 0 Å². The van der Waals surface area contributed by atoms with Gasteiger partial charge in [0, 0.05) is 27.8 Å². The molecule has 1 unspecified atom stereocenters. The second-order valence-electron chi connectivity index (χ2n) is 14.4. The average molecular weight is 678 g/mol. The van der Waals surface area contributed by atoms with Crippen LogP contribution < -0.4 is 4.74 Å². The fourth-order valence-corrected chi connectivity index (χ4v) is 8.99. The van der Waals surface area contributed by atoms with Gasteiger partial charge in [0.1, 0.15) is 12.4 Å². The van der Waals surface area contributed by atoms with Gasteiger partial charge in [0.25, 0.3) is 0 Å². The number of nitrogens with zero attached hydrogens (tertiary/aromatic N) is 1. The van der Waals surface area contributed by atoms with Crippen LogP contribution in [0.5, 0.6) is 5.75 Å². The lowest BCUT2D eigenvalue weighted by Gasteiger charge is -2.29. The van der Waals surface area contributed by atoms with Gasteiger partial charge in [-0.05, 0) is 98.5 Å². The highest BCUT2D eigenvalue weighted by atomic mass is 16.5. The topological polar surface area (TPSA) is 14.2 Å². The van der Waals surface area contributed by atoms with Crippen LogP contribution in [0.2, 0.25) is 0 Å². The van der Waals surface area contributed by atoms with Gasteiger partial charge in [0.05, 0.1) is 16.7 Å². The maximum absolute atomic E-state index is 6.16. The number of hydrogen-bond acceptors (Lipinski definition) is 1. The molecule has 8 aromatic carbocycles. The van der Waals surface area contributed by atoms with Gasteiger partial charge in [-0.2, -0.15) is 0 Å². The summed E-state index contributed by atoms with van der Waals surface area (Å²) in [5.74, 6) is 1.24. The summed E-state index contributed by atoms with van der Waals surface area (Å²) in [5, 5.41) is 2.51. The van der Waals surface area contributed by atoms with E-state index in [0.29, 0.717) is 12.5 Å². The molecule has 11 rings (SSSR count). The Hall–Kier alpha value is -6.64. The fourth-order valence-electron chi connectivity index (χ4n) is 8.99. The Morgan fingerprint density at radius 2 is 1.17 bits per heavy atom. The summed E-state index contributed by atoms with van der Waals surface area (Å²) in [4.78, 5) is 0. The zero-order valence-electron chi connectivity index (χ0n) is 29.2. The molecule has 2 heteroatoms. The minimum absolute atomic E-state index is 0.304. The van der Waals surface area contributed by atoms with E-state index in [2.05, 4.69) is 187 Å².